The number of aliphatic hydroxyl groups is 1. The van der Waals surface area contributed by atoms with Gasteiger partial charge in [-0.05, 0) is 60.4 Å². The molecule has 1 unspecified atom stereocenters. The zero-order valence-corrected chi connectivity index (χ0v) is 21.9. The molecule has 0 fully saturated rings. The number of aliphatic hydroxyl groups excluding tert-OH is 1. The lowest BCUT2D eigenvalue weighted by Crippen LogP contribution is -2.36. The fourth-order valence-electron chi connectivity index (χ4n) is 4.00. The minimum absolute atomic E-state index is 0.0372. The predicted molar refractivity (Wildman–Crippen MR) is 146 cm³/mol. The molecule has 202 valence electrons. The van der Waals surface area contributed by atoms with E-state index in [1.807, 2.05) is 43.3 Å². The Labute approximate surface area is 225 Å². The van der Waals surface area contributed by atoms with E-state index in [1.54, 1.807) is 25.1 Å². The highest BCUT2D eigenvalue weighted by Crippen LogP contribution is 2.29. The van der Waals surface area contributed by atoms with E-state index in [2.05, 4.69) is 20.6 Å². The number of nitrogens with one attached hydrogen (secondary N) is 2. The molecular formula is C29H30FN5O4. The fourth-order valence-corrected chi connectivity index (χ4v) is 4.00. The molecule has 4 N–H and O–H groups in total. The van der Waals surface area contributed by atoms with Crippen molar-refractivity contribution in [2.75, 3.05) is 25.6 Å². The number of pyridine rings is 2. The van der Waals surface area contributed by atoms with Crippen LogP contribution in [0.4, 0.5) is 10.1 Å². The van der Waals surface area contributed by atoms with Crippen molar-refractivity contribution in [2.24, 2.45) is 0 Å². The molecule has 2 aromatic carbocycles. The highest BCUT2D eigenvalue weighted by atomic mass is 19.1. The van der Waals surface area contributed by atoms with Gasteiger partial charge in [-0.1, -0.05) is 24.3 Å². The molecule has 2 aromatic heterocycles. The summed E-state index contributed by atoms with van der Waals surface area (Å²) in [5.41, 5.74) is 3.00. The average Bonchev–Trinajstić information content (AvgIpc) is 2.93. The summed E-state index contributed by atoms with van der Waals surface area (Å²) in [6.07, 6.45) is 1.93. The van der Waals surface area contributed by atoms with Gasteiger partial charge in [0, 0.05) is 44.0 Å². The van der Waals surface area contributed by atoms with E-state index in [-0.39, 0.29) is 41.3 Å². The number of amides is 2. The first-order chi connectivity index (χ1) is 18.7. The van der Waals surface area contributed by atoms with Gasteiger partial charge in [0.15, 0.2) is 11.4 Å². The van der Waals surface area contributed by atoms with Crippen molar-refractivity contribution in [1.82, 2.24) is 20.6 Å². The van der Waals surface area contributed by atoms with Crippen LogP contribution >= 0.6 is 0 Å². The topological polar surface area (TPSA) is 128 Å². The van der Waals surface area contributed by atoms with Gasteiger partial charge in [-0.2, -0.15) is 0 Å². The molecule has 0 spiro atoms. The smallest absolute Gasteiger partial charge is 0.274 e. The lowest BCUT2D eigenvalue weighted by atomic mass is 10.0. The van der Waals surface area contributed by atoms with Crippen LogP contribution in [0.25, 0.3) is 10.9 Å². The number of fused-ring (bicyclic) bond motifs is 1. The second kappa shape index (κ2) is 11.9. The second-order valence-electron chi connectivity index (χ2n) is 9.50. The molecule has 2 heterocycles. The number of halogens is 1. The van der Waals surface area contributed by atoms with Gasteiger partial charge in [0.25, 0.3) is 11.8 Å². The van der Waals surface area contributed by atoms with Crippen LogP contribution in [-0.4, -0.2) is 58.7 Å². The Kier molecular flexibility index (Phi) is 8.36. The van der Waals surface area contributed by atoms with Crippen LogP contribution in [0.5, 0.6) is 5.75 Å². The van der Waals surface area contributed by atoms with Crippen LogP contribution in [0.1, 0.15) is 44.6 Å². The number of nitrogens with zero attached hydrogens (tertiary/aromatic N) is 3. The molecule has 0 bridgehead atoms. The minimum Gasteiger partial charge on any atom is -0.504 e. The van der Waals surface area contributed by atoms with Gasteiger partial charge in [-0.15, -0.1) is 0 Å². The molecule has 9 nitrogen and oxygen atoms in total. The van der Waals surface area contributed by atoms with E-state index in [4.69, 9.17) is 0 Å². The third kappa shape index (κ3) is 6.47. The summed E-state index contributed by atoms with van der Waals surface area (Å²) in [5.74, 6) is -2.12. The Morgan fingerprint density at radius 3 is 2.28 bits per heavy atom. The Hall–Kier alpha value is -4.57. The predicted octanol–water partition coefficient (Wildman–Crippen LogP) is 3.17. The summed E-state index contributed by atoms with van der Waals surface area (Å²) in [4.78, 5) is 36.7. The molecule has 2 amide bonds. The molecule has 4 aromatic rings. The monoisotopic (exact) mass is 531 g/mol. The maximum absolute atomic E-state index is 13.4. The van der Waals surface area contributed by atoms with Gasteiger partial charge < -0.3 is 25.7 Å². The number of carbonyl (C=O) groups excluding carboxylic acids is 2. The van der Waals surface area contributed by atoms with Crippen molar-refractivity contribution in [3.8, 4) is 5.75 Å². The lowest BCUT2D eigenvalue weighted by Gasteiger charge is -2.15. The van der Waals surface area contributed by atoms with E-state index in [1.165, 1.54) is 18.3 Å². The largest absolute Gasteiger partial charge is 0.504 e. The summed E-state index contributed by atoms with van der Waals surface area (Å²) >= 11 is 0. The van der Waals surface area contributed by atoms with Gasteiger partial charge in [-0.3, -0.25) is 14.6 Å². The van der Waals surface area contributed by atoms with Crippen LogP contribution in [0.3, 0.4) is 0 Å². The summed E-state index contributed by atoms with van der Waals surface area (Å²) in [5, 5.41) is 25.8. The molecule has 0 saturated heterocycles. The van der Waals surface area contributed by atoms with E-state index in [0.717, 1.165) is 16.8 Å². The van der Waals surface area contributed by atoms with Gasteiger partial charge in [0.1, 0.15) is 17.0 Å². The number of hydrogen-bond acceptors (Lipinski definition) is 7. The molecule has 4 rings (SSSR count). The van der Waals surface area contributed by atoms with Gasteiger partial charge >= 0.3 is 0 Å². The number of rotatable bonds is 9. The van der Waals surface area contributed by atoms with Crippen LogP contribution in [-0.2, 0) is 13.0 Å². The average molecular weight is 532 g/mol. The number of benzene rings is 2. The SMILES string of the molecule is CC(CO)NC(=O)c1nc(C(=O)NCc2ccc(N(C)C)cc2)c2cc(Cc3ccc(F)cc3)cnc2c1O. The van der Waals surface area contributed by atoms with Crippen molar-refractivity contribution in [2.45, 2.75) is 25.9 Å². The molecule has 0 radical (unpaired) electrons. The van der Waals surface area contributed by atoms with Crippen LogP contribution in [0.2, 0.25) is 0 Å². The summed E-state index contributed by atoms with van der Waals surface area (Å²) in [6, 6.07) is 14.8. The lowest BCUT2D eigenvalue weighted by molar-refractivity contribution is 0.0914. The van der Waals surface area contributed by atoms with Gasteiger partial charge in [0.2, 0.25) is 0 Å². The molecule has 39 heavy (non-hydrogen) atoms. The van der Waals surface area contributed by atoms with Crippen molar-refractivity contribution in [3.05, 3.63) is 94.7 Å². The van der Waals surface area contributed by atoms with Gasteiger partial charge in [-0.25, -0.2) is 9.37 Å². The molecular weight excluding hydrogens is 501 g/mol. The maximum atomic E-state index is 13.4. The quantitative estimate of drug-likeness (QED) is 0.261. The van der Waals surface area contributed by atoms with Crippen LogP contribution < -0.4 is 15.5 Å². The Balaban J connectivity index is 1.70. The Bertz CT molecular complexity index is 1490. The van der Waals surface area contributed by atoms with Crippen molar-refractivity contribution < 1.29 is 24.2 Å². The van der Waals surface area contributed by atoms with Crippen LogP contribution in [0.15, 0.2) is 60.8 Å². The molecule has 0 aliphatic heterocycles. The van der Waals surface area contributed by atoms with E-state index >= 15 is 0 Å². The molecule has 10 heteroatoms. The molecule has 1 atom stereocenters. The van der Waals surface area contributed by atoms with E-state index < -0.39 is 23.6 Å². The summed E-state index contributed by atoms with van der Waals surface area (Å²) < 4.78 is 13.3. The number of carbonyl (C=O) groups is 2. The zero-order valence-electron chi connectivity index (χ0n) is 21.9. The Morgan fingerprint density at radius 2 is 1.64 bits per heavy atom. The first kappa shape index (κ1) is 27.5. The second-order valence-corrected chi connectivity index (χ2v) is 9.50. The zero-order chi connectivity index (χ0) is 28.1. The maximum Gasteiger partial charge on any atom is 0.274 e. The standard InChI is InChI=1S/C29H30FN5O4/c1-17(16-36)33-29(39)26-27(37)24-23(13-20(15-31-24)12-18-4-8-21(30)9-5-18)25(34-26)28(38)32-14-19-6-10-22(11-7-19)35(2)3/h4-11,13,15,17,36-37H,12,14,16H2,1-3H3,(H,32,38)(H,33,39). The normalized spacial score (nSPS) is 11.7. The minimum atomic E-state index is -0.749. The molecule has 0 aliphatic carbocycles. The van der Waals surface area contributed by atoms with E-state index in [0.29, 0.717) is 12.0 Å². The number of hydrogen-bond donors (Lipinski definition) is 4. The fraction of sp³-hybridized carbons (Fsp3) is 0.241. The van der Waals surface area contributed by atoms with Gasteiger partial charge in [0.05, 0.1) is 6.61 Å². The molecule has 0 aliphatic rings. The third-order valence-electron chi connectivity index (χ3n) is 6.18. The third-order valence-corrected chi connectivity index (χ3v) is 6.18. The number of aromatic nitrogens is 2. The Morgan fingerprint density at radius 1 is 0.974 bits per heavy atom. The highest BCUT2D eigenvalue weighted by Gasteiger charge is 2.24. The summed E-state index contributed by atoms with van der Waals surface area (Å²) in [7, 11) is 3.87. The van der Waals surface area contributed by atoms with Crippen molar-refractivity contribution >= 4 is 28.4 Å². The molecule has 0 saturated carbocycles. The highest BCUT2D eigenvalue weighted by molar-refractivity contribution is 6.09. The van der Waals surface area contributed by atoms with Crippen molar-refractivity contribution in [1.29, 1.82) is 0 Å². The van der Waals surface area contributed by atoms with Crippen LogP contribution in [0, 0.1) is 5.82 Å². The first-order valence-corrected chi connectivity index (χ1v) is 12.4. The summed E-state index contributed by atoms with van der Waals surface area (Å²) in [6.45, 7) is 1.48. The van der Waals surface area contributed by atoms with E-state index in [9.17, 15) is 24.2 Å². The number of anilines is 1. The number of aromatic hydroxyl groups is 1. The van der Waals surface area contributed by atoms with Crippen molar-refractivity contribution in [3.63, 3.8) is 0 Å². The first-order valence-electron chi connectivity index (χ1n) is 12.4.